The zero-order valence-electron chi connectivity index (χ0n) is 18.9. The fraction of sp³-hybridized carbons (Fsp3) is 0.444. The Labute approximate surface area is 190 Å². The lowest BCUT2D eigenvalue weighted by molar-refractivity contribution is -0.895. The standard InChI is InChI=1S/C27H34N2O3/c1-2-28(17-3-4-20-5-6-20)24-12-7-22(8-13-24)19-29(32)26-15-11-23-18-21(9-14-25(23)26)10-16-27(30)31/h7-10,12-14,16,18,20,26,29H,2-6,11,15,17,19H2,1H3,(H,30,31)/b16-10+. The molecule has 5 nitrogen and oxygen atoms in total. The van der Waals surface area contributed by atoms with Gasteiger partial charge in [0.25, 0.3) is 0 Å². The van der Waals surface area contributed by atoms with E-state index in [1.807, 2.05) is 18.2 Å². The number of carboxylic acid groups (broad SMARTS) is 1. The van der Waals surface area contributed by atoms with Gasteiger partial charge in [0.15, 0.2) is 0 Å². The van der Waals surface area contributed by atoms with Crippen LogP contribution in [0, 0.1) is 11.1 Å². The van der Waals surface area contributed by atoms with Crippen LogP contribution >= 0.6 is 0 Å². The lowest BCUT2D eigenvalue weighted by Gasteiger charge is -2.30. The Morgan fingerprint density at radius 1 is 1.19 bits per heavy atom. The third-order valence-electron chi connectivity index (χ3n) is 6.85. The smallest absolute Gasteiger partial charge is 0.328 e. The molecule has 0 aromatic heterocycles. The van der Waals surface area contributed by atoms with Gasteiger partial charge in [0.2, 0.25) is 0 Å². The number of aliphatic carboxylic acids is 1. The lowest BCUT2D eigenvalue weighted by atomic mass is 10.0. The summed E-state index contributed by atoms with van der Waals surface area (Å²) in [6.07, 6.45) is 9.90. The number of nitrogens with zero attached hydrogens (tertiary/aromatic N) is 1. The van der Waals surface area contributed by atoms with Crippen molar-refractivity contribution in [1.29, 1.82) is 0 Å². The molecule has 2 unspecified atom stereocenters. The van der Waals surface area contributed by atoms with Crippen molar-refractivity contribution < 1.29 is 15.0 Å². The van der Waals surface area contributed by atoms with E-state index in [-0.39, 0.29) is 11.1 Å². The average molecular weight is 435 g/mol. The van der Waals surface area contributed by atoms with E-state index in [2.05, 4.69) is 36.1 Å². The molecule has 2 aromatic carbocycles. The molecule has 4 rings (SSSR count). The Hall–Kier alpha value is -2.63. The van der Waals surface area contributed by atoms with Crippen LogP contribution in [-0.2, 0) is 17.8 Å². The molecule has 170 valence electrons. The summed E-state index contributed by atoms with van der Waals surface area (Å²) in [4.78, 5) is 13.2. The van der Waals surface area contributed by atoms with Crippen molar-refractivity contribution in [3.05, 3.63) is 76.0 Å². The highest BCUT2D eigenvalue weighted by atomic mass is 16.5. The first kappa shape index (κ1) is 22.6. The van der Waals surface area contributed by atoms with Crippen molar-refractivity contribution in [1.82, 2.24) is 0 Å². The molecule has 1 saturated carbocycles. The van der Waals surface area contributed by atoms with Gasteiger partial charge >= 0.3 is 5.97 Å². The number of hydrogen-bond donors (Lipinski definition) is 2. The third-order valence-corrected chi connectivity index (χ3v) is 6.85. The molecule has 0 saturated heterocycles. The summed E-state index contributed by atoms with van der Waals surface area (Å²) in [5.41, 5.74) is 5.45. The van der Waals surface area contributed by atoms with Gasteiger partial charge in [-0.15, -0.1) is 0 Å². The fourth-order valence-corrected chi connectivity index (χ4v) is 4.84. The van der Waals surface area contributed by atoms with E-state index in [1.165, 1.54) is 31.4 Å². The first-order valence-corrected chi connectivity index (χ1v) is 11.9. The van der Waals surface area contributed by atoms with E-state index >= 15 is 0 Å². The number of benzene rings is 2. The number of hydroxylamine groups is 2. The number of quaternary nitrogens is 1. The third kappa shape index (κ3) is 5.78. The maximum absolute atomic E-state index is 13.1. The quantitative estimate of drug-likeness (QED) is 0.407. The number of carboxylic acids is 1. The molecular weight excluding hydrogens is 400 g/mol. The Balaban J connectivity index is 1.35. The second kappa shape index (κ2) is 10.3. The summed E-state index contributed by atoms with van der Waals surface area (Å²) in [6.45, 7) is 4.77. The lowest BCUT2D eigenvalue weighted by Crippen LogP contribution is -3.06. The van der Waals surface area contributed by atoms with Gasteiger partial charge in [0.05, 0.1) is 0 Å². The van der Waals surface area contributed by atoms with Gasteiger partial charge in [-0.25, -0.2) is 4.79 Å². The summed E-state index contributed by atoms with van der Waals surface area (Å²) >= 11 is 0. The molecule has 0 heterocycles. The second-order valence-corrected chi connectivity index (χ2v) is 9.20. The molecule has 2 aromatic rings. The number of aryl methyl sites for hydroxylation is 1. The number of anilines is 1. The van der Waals surface area contributed by atoms with Crippen LogP contribution in [0.2, 0.25) is 0 Å². The van der Waals surface area contributed by atoms with Gasteiger partial charge in [-0.1, -0.05) is 43.2 Å². The van der Waals surface area contributed by atoms with E-state index in [0.717, 1.165) is 60.2 Å². The Morgan fingerprint density at radius 2 is 1.97 bits per heavy atom. The highest BCUT2D eigenvalue weighted by Gasteiger charge is 2.27. The van der Waals surface area contributed by atoms with Crippen LogP contribution in [0.5, 0.6) is 0 Å². The van der Waals surface area contributed by atoms with Crippen LogP contribution in [-0.4, -0.2) is 24.2 Å². The normalized spacial score (nSPS) is 18.6. The predicted molar refractivity (Wildman–Crippen MR) is 128 cm³/mol. The first-order valence-electron chi connectivity index (χ1n) is 11.9. The van der Waals surface area contributed by atoms with Crippen molar-refractivity contribution in [2.45, 2.75) is 58.0 Å². The molecular formula is C27H34N2O3. The molecule has 1 fully saturated rings. The summed E-state index contributed by atoms with van der Waals surface area (Å²) in [5.74, 6) is 0.0282. The van der Waals surface area contributed by atoms with Gasteiger partial charge in [-0.2, -0.15) is 0 Å². The topological polar surface area (TPSA) is 68.0 Å². The van der Waals surface area contributed by atoms with Crippen LogP contribution in [0.25, 0.3) is 6.08 Å². The molecule has 2 N–H and O–H groups in total. The van der Waals surface area contributed by atoms with E-state index in [4.69, 9.17) is 5.11 Å². The molecule has 2 aliphatic carbocycles. The summed E-state index contributed by atoms with van der Waals surface area (Å²) in [6, 6.07) is 14.4. The number of hydrogen-bond acceptors (Lipinski definition) is 3. The predicted octanol–water partition coefficient (Wildman–Crippen LogP) is 4.37. The van der Waals surface area contributed by atoms with Crippen LogP contribution in [0.1, 0.15) is 67.3 Å². The number of fused-ring (bicyclic) bond motifs is 1. The molecule has 2 atom stereocenters. The van der Waals surface area contributed by atoms with Gasteiger partial charge in [-0.05, 0) is 61.4 Å². The average Bonchev–Trinajstić information content (AvgIpc) is 3.52. The molecule has 2 aliphatic rings. The zero-order chi connectivity index (χ0) is 22.5. The Morgan fingerprint density at radius 3 is 2.66 bits per heavy atom. The van der Waals surface area contributed by atoms with Crippen LogP contribution in [0.4, 0.5) is 5.69 Å². The first-order chi connectivity index (χ1) is 15.5. The summed E-state index contributed by atoms with van der Waals surface area (Å²) in [7, 11) is 0. The van der Waals surface area contributed by atoms with Crippen LogP contribution in [0.15, 0.2) is 48.5 Å². The molecule has 0 radical (unpaired) electrons. The van der Waals surface area contributed by atoms with Crippen molar-refractivity contribution in [2.24, 2.45) is 5.92 Å². The number of nitrogens with one attached hydrogen (secondary N) is 1. The largest absolute Gasteiger partial charge is 0.634 e. The molecule has 32 heavy (non-hydrogen) atoms. The molecule has 0 amide bonds. The van der Waals surface area contributed by atoms with E-state index in [9.17, 15) is 10.0 Å². The maximum atomic E-state index is 13.1. The zero-order valence-corrected chi connectivity index (χ0v) is 18.9. The summed E-state index contributed by atoms with van der Waals surface area (Å²) in [5, 5.41) is 22.1. The Bertz CT molecular complexity index is 950. The van der Waals surface area contributed by atoms with Gasteiger partial charge in [0, 0.05) is 42.4 Å². The molecule has 0 bridgehead atoms. The van der Waals surface area contributed by atoms with E-state index in [1.54, 1.807) is 6.08 Å². The summed E-state index contributed by atoms with van der Waals surface area (Å²) < 4.78 is 0. The minimum absolute atomic E-state index is 0.0586. The minimum Gasteiger partial charge on any atom is -0.634 e. The monoisotopic (exact) mass is 434 g/mol. The Kier molecular flexibility index (Phi) is 7.28. The second-order valence-electron chi connectivity index (χ2n) is 9.20. The fourth-order valence-electron chi connectivity index (χ4n) is 4.84. The van der Waals surface area contributed by atoms with Gasteiger partial charge < -0.3 is 20.3 Å². The van der Waals surface area contributed by atoms with Crippen molar-refractivity contribution in [2.75, 3.05) is 18.0 Å². The van der Waals surface area contributed by atoms with Crippen molar-refractivity contribution in [3.8, 4) is 0 Å². The number of rotatable bonds is 11. The van der Waals surface area contributed by atoms with Crippen molar-refractivity contribution >= 4 is 17.7 Å². The molecule has 0 spiro atoms. The minimum atomic E-state index is -0.954. The molecule has 0 aliphatic heterocycles. The SMILES string of the molecule is CCN(CCCC1CC1)c1ccc(C[NH+]([O-])C2CCc3cc(/C=C/C(=O)O)ccc32)cc1. The van der Waals surface area contributed by atoms with Crippen LogP contribution in [0.3, 0.4) is 0 Å². The van der Waals surface area contributed by atoms with E-state index < -0.39 is 5.97 Å². The van der Waals surface area contributed by atoms with Crippen LogP contribution < -0.4 is 9.96 Å². The number of carbonyl (C=O) groups is 1. The van der Waals surface area contributed by atoms with Crippen molar-refractivity contribution in [3.63, 3.8) is 0 Å². The van der Waals surface area contributed by atoms with Gasteiger partial charge in [0.1, 0.15) is 12.6 Å². The van der Waals surface area contributed by atoms with E-state index in [0.29, 0.717) is 6.54 Å². The molecule has 5 heteroatoms. The highest BCUT2D eigenvalue weighted by molar-refractivity contribution is 5.85. The van der Waals surface area contributed by atoms with Gasteiger partial charge in [-0.3, -0.25) is 0 Å². The maximum Gasteiger partial charge on any atom is 0.328 e. The highest BCUT2D eigenvalue weighted by Crippen LogP contribution is 2.33.